The predicted molar refractivity (Wildman–Crippen MR) is 86.2 cm³/mol. The van der Waals surface area contributed by atoms with Crippen molar-refractivity contribution in [3.05, 3.63) is 28.2 Å². The summed E-state index contributed by atoms with van der Waals surface area (Å²) in [6.07, 6.45) is 8.36. The maximum atomic E-state index is 6.34. The Hall–Kier alpha value is -0.540. The van der Waals surface area contributed by atoms with Gasteiger partial charge in [-0.25, -0.2) is 0 Å². The fourth-order valence-corrected chi connectivity index (χ4v) is 4.08. The SMILES string of the molecule is CCNC1CC(C2CCCCC2)Oc2ccc(Br)cc21. The quantitative estimate of drug-likeness (QED) is 0.852. The van der Waals surface area contributed by atoms with E-state index in [0.717, 1.165) is 29.1 Å². The summed E-state index contributed by atoms with van der Waals surface area (Å²) in [5.41, 5.74) is 1.31. The minimum atomic E-state index is 0.396. The highest BCUT2D eigenvalue weighted by molar-refractivity contribution is 9.10. The first-order chi connectivity index (χ1) is 9.78. The Balaban J connectivity index is 1.82. The molecule has 0 saturated heterocycles. The maximum absolute atomic E-state index is 6.34. The third kappa shape index (κ3) is 3.04. The zero-order valence-corrected chi connectivity index (χ0v) is 13.8. The van der Waals surface area contributed by atoms with Gasteiger partial charge in [0.05, 0.1) is 0 Å². The first kappa shape index (κ1) is 14.4. The van der Waals surface area contributed by atoms with Crippen molar-refractivity contribution < 1.29 is 4.74 Å². The molecule has 0 bridgehead atoms. The topological polar surface area (TPSA) is 21.3 Å². The number of fused-ring (bicyclic) bond motifs is 1. The summed E-state index contributed by atoms with van der Waals surface area (Å²) in [5, 5.41) is 3.64. The molecule has 110 valence electrons. The normalized spacial score (nSPS) is 26.9. The predicted octanol–water partition coefficient (Wildman–Crippen LogP) is 4.83. The molecule has 2 aliphatic rings. The van der Waals surface area contributed by atoms with Crippen LogP contribution in [0.4, 0.5) is 0 Å². The summed E-state index contributed by atoms with van der Waals surface area (Å²) in [6.45, 7) is 3.19. The standard InChI is InChI=1S/C17H24BrNO/c1-2-19-15-11-17(12-6-4-3-5-7-12)20-16-9-8-13(18)10-14(15)16/h8-10,12,15,17,19H,2-7,11H2,1H3. The van der Waals surface area contributed by atoms with E-state index in [0.29, 0.717) is 12.1 Å². The van der Waals surface area contributed by atoms with Crippen LogP contribution in [0.1, 0.15) is 57.1 Å². The second kappa shape index (κ2) is 6.48. The van der Waals surface area contributed by atoms with Gasteiger partial charge in [-0.1, -0.05) is 42.1 Å². The van der Waals surface area contributed by atoms with E-state index < -0.39 is 0 Å². The molecule has 1 heterocycles. The molecule has 2 unspecified atom stereocenters. The molecule has 0 amide bonds. The van der Waals surface area contributed by atoms with Crippen LogP contribution < -0.4 is 10.1 Å². The summed E-state index contributed by atoms with van der Waals surface area (Å²) in [5.74, 6) is 1.84. The van der Waals surface area contributed by atoms with Gasteiger partial charge in [0.15, 0.2) is 0 Å². The van der Waals surface area contributed by atoms with Crippen molar-refractivity contribution in [1.82, 2.24) is 5.32 Å². The Morgan fingerprint density at radius 1 is 1.25 bits per heavy atom. The van der Waals surface area contributed by atoms with Crippen molar-refractivity contribution in [2.24, 2.45) is 5.92 Å². The lowest BCUT2D eigenvalue weighted by atomic mass is 9.81. The summed E-state index contributed by atoms with van der Waals surface area (Å²) in [6, 6.07) is 6.86. The molecule has 1 fully saturated rings. The molecule has 0 aromatic heterocycles. The molecule has 0 spiro atoms. The van der Waals surface area contributed by atoms with Gasteiger partial charge in [0.1, 0.15) is 11.9 Å². The molecular formula is C17H24BrNO. The number of hydrogen-bond donors (Lipinski definition) is 1. The first-order valence-electron chi connectivity index (χ1n) is 7.97. The zero-order chi connectivity index (χ0) is 13.9. The van der Waals surface area contributed by atoms with Crippen molar-refractivity contribution in [2.75, 3.05) is 6.54 Å². The van der Waals surface area contributed by atoms with Crippen molar-refractivity contribution in [3.63, 3.8) is 0 Å². The number of rotatable bonds is 3. The molecule has 1 saturated carbocycles. The lowest BCUT2D eigenvalue weighted by molar-refractivity contribution is 0.0731. The largest absolute Gasteiger partial charge is 0.490 e. The van der Waals surface area contributed by atoms with Gasteiger partial charge in [0.2, 0.25) is 0 Å². The second-order valence-corrected chi connectivity index (χ2v) is 7.00. The number of halogens is 1. The van der Waals surface area contributed by atoms with E-state index in [1.54, 1.807) is 0 Å². The summed E-state index contributed by atoms with van der Waals surface area (Å²) in [7, 11) is 0. The van der Waals surface area contributed by atoms with Crippen LogP contribution in [0.25, 0.3) is 0 Å². The average Bonchev–Trinajstić information content (AvgIpc) is 2.49. The van der Waals surface area contributed by atoms with E-state index in [-0.39, 0.29) is 0 Å². The number of ether oxygens (including phenoxy) is 1. The second-order valence-electron chi connectivity index (χ2n) is 6.08. The molecule has 3 heteroatoms. The molecule has 1 aromatic rings. The Morgan fingerprint density at radius 2 is 2.05 bits per heavy atom. The highest BCUT2D eigenvalue weighted by Crippen LogP contribution is 2.41. The monoisotopic (exact) mass is 337 g/mol. The molecule has 1 aliphatic carbocycles. The lowest BCUT2D eigenvalue weighted by Gasteiger charge is -2.38. The smallest absolute Gasteiger partial charge is 0.124 e. The van der Waals surface area contributed by atoms with Crippen molar-refractivity contribution in [1.29, 1.82) is 0 Å². The van der Waals surface area contributed by atoms with Crippen LogP contribution in [0.3, 0.4) is 0 Å². The molecule has 1 aromatic carbocycles. The van der Waals surface area contributed by atoms with Crippen LogP contribution in [-0.2, 0) is 0 Å². The van der Waals surface area contributed by atoms with E-state index in [4.69, 9.17) is 4.74 Å². The van der Waals surface area contributed by atoms with Gasteiger partial charge in [-0.3, -0.25) is 0 Å². The first-order valence-corrected chi connectivity index (χ1v) is 8.76. The van der Waals surface area contributed by atoms with Crippen LogP contribution >= 0.6 is 15.9 Å². The van der Waals surface area contributed by atoms with E-state index in [9.17, 15) is 0 Å². The Labute approximate surface area is 130 Å². The highest BCUT2D eigenvalue weighted by atomic mass is 79.9. The summed E-state index contributed by atoms with van der Waals surface area (Å²) < 4.78 is 7.48. The maximum Gasteiger partial charge on any atom is 0.124 e. The highest BCUT2D eigenvalue weighted by Gasteiger charge is 2.33. The fourth-order valence-electron chi connectivity index (χ4n) is 3.70. The Bertz CT molecular complexity index is 456. The van der Waals surface area contributed by atoms with Gasteiger partial charge < -0.3 is 10.1 Å². The van der Waals surface area contributed by atoms with Gasteiger partial charge >= 0.3 is 0 Å². The van der Waals surface area contributed by atoms with Crippen molar-refractivity contribution in [2.45, 2.75) is 57.6 Å². The lowest BCUT2D eigenvalue weighted by Crippen LogP contribution is -2.38. The van der Waals surface area contributed by atoms with Crippen molar-refractivity contribution in [3.8, 4) is 5.75 Å². The van der Waals surface area contributed by atoms with Gasteiger partial charge in [-0.15, -0.1) is 0 Å². The molecule has 0 radical (unpaired) electrons. The van der Waals surface area contributed by atoms with E-state index in [1.165, 1.54) is 37.7 Å². The molecule has 20 heavy (non-hydrogen) atoms. The fraction of sp³-hybridized carbons (Fsp3) is 0.647. The average molecular weight is 338 g/mol. The Morgan fingerprint density at radius 3 is 2.80 bits per heavy atom. The molecular weight excluding hydrogens is 314 g/mol. The molecule has 2 nitrogen and oxygen atoms in total. The molecule has 3 rings (SSSR count). The number of nitrogens with one attached hydrogen (secondary N) is 1. The minimum Gasteiger partial charge on any atom is -0.490 e. The number of benzene rings is 1. The Kier molecular flexibility index (Phi) is 4.67. The molecule has 2 atom stereocenters. The van der Waals surface area contributed by atoms with Gasteiger partial charge in [-0.05, 0) is 43.5 Å². The summed E-state index contributed by atoms with van der Waals surface area (Å²) in [4.78, 5) is 0. The molecule has 1 aliphatic heterocycles. The van der Waals surface area contributed by atoms with Gasteiger partial charge in [-0.2, -0.15) is 0 Å². The van der Waals surface area contributed by atoms with Crippen LogP contribution in [0.15, 0.2) is 22.7 Å². The third-order valence-corrected chi connectivity index (χ3v) is 5.21. The van der Waals surface area contributed by atoms with E-state index >= 15 is 0 Å². The summed E-state index contributed by atoms with van der Waals surface area (Å²) >= 11 is 3.58. The third-order valence-electron chi connectivity index (χ3n) is 4.72. The van der Waals surface area contributed by atoms with Gasteiger partial charge in [0, 0.05) is 22.5 Å². The van der Waals surface area contributed by atoms with Crippen LogP contribution in [0.2, 0.25) is 0 Å². The number of hydrogen-bond acceptors (Lipinski definition) is 2. The van der Waals surface area contributed by atoms with Gasteiger partial charge in [0.25, 0.3) is 0 Å². The van der Waals surface area contributed by atoms with Crippen LogP contribution in [-0.4, -0.2) is 12.6 Å². The van der Waals surface area contributed by atoms with Crippen molar-refractivity contribution >= 4 is 15.9 Å². The minimum absolute atomic E-state index is 0.396. The van der Waals surface area contributed by atoms with E-state index in [1.807, 2.05) is 0 Å². The van der Waals surface area contributed by atoms with Crippen LogP contribution in [0.5, 0.6) is 5.75 Å². The van der Waals surface area contributed by atoms with E-state index in [2.05, 4.69) is 46.4 Å². The zero-order valence-electron chi connectivity index (χ0n) is 12.2. The van der Waals surface area contributed by atoms with Crippen LogP contribution in [0, 0.1) is 5.92 Å². The molecule has 1 N–H and O–H groups in total.